The summed E-state index contributed by atoms with van der Waals surface area (Å²) in [7, 11) is 0. The maximum Gasteiger partial charge on any atom is 0.416 e. The molecule has 144 valence electrons. The molecule has 2 aliphatic heterocycles. The number of ether oxygens (including phenoxy) is 1. The first-order valence-electron chi connectivity index (χ1n) is 8.30. The molecule has 2 aliphatic rings. The maximum absolute atomic E-state index is 12.9. The molecule has 9 heteroatoms. The van der Waals surface area contributed by atoms with Crippen molar-refractivity contribution in [3.8, 4) is 0 Å². The normalized spacial score (nSPS) is 26.2. The lowest BCUT2D eigenvalue weighted by atomic mass is 9.80. The Morgan fingerprint density at radius 3 is 2.54 bits per heavy atom. The molecule has 0 bridgehead atoms. The molecule has 26 heavy (non-hydrogen) atoms. The minimum absolute atomic E-state index is 0.0485. The zero-order valence-electron chi connectivity index (χ0n) is 13.8. The van der Waals surface area contributed by atoms with Gasteiger partial charge in [-0.3, -0.25) is 4.79 Å². The summed E-state index contributed by atoms with van der Waals surface area (Å²) in [6.07, 6.45) is -5.59. The van der Waals surface area contributed by atoms with Gasteiger partial charge in [-0.05, 0) is 37.5 Å². The smallest absolute Gasteiger partial charge is 0.390 e. The summed E-state index contributed by atoms with van der Waals surface area (Å²) in [5.74, 6) is -0.596. The molecule has 0 unspecified atom stereocenters. The number of aliphatic hydroxyl groups excluding tert-OH is 2. The molecule has 2 saturated heterocycles. The third-order valence-corrected chi connectivity index (χ3v) is 5.46. The highest BCUT2D eigenvalue weighted by Gasteiger charge is 2.48. The second-order valence-electron chi connectivity index (χ2n) is 6.70. The van der Waals surface area contributed by atoms with Crippen molar-refractivity contribution in [3.05, 3.63) is 34.3 Å². The standard InChI is InChI=1S/C17H19ClF3NO4/c18-12-2-1-10(17(19,20)21)9-11(12)15(25)22-6-4-16(5-7-22)14(24)13(23)3-8-26-16/h1-2,9,13-14,23-24H,3-8H2/t13-,14-/m0/s1. The molecule has 0 aliphatic carbocycles. The Labute approximate surface area is 153 Å². The molecule has 0 saturated carbocycles. The Morgan fingerprint density at radius 2 is 1.92 bits per heavy atom. The summed E-state index contributed by atoms with van der Waals surface area (Å²) in [5.41, 5.74) is -2.07. The molecule has 1 spiro atoms. The van der Waals surface area contributed by atoms with Gasteiger partial charge in [0.05, 0.1) is 34.5 Å². The summed E-state index contributed by atoms with van der Waals surface area (Å²) in [6, 6.07) is 2.65. The molecular weight excluding hydrogens is 375 g/mol. The van der Waals surface area contributed by atoms with Crippen LogP contribution in [0.5, 0.6) is 0 Å². The van der Waals surface area contributed by atoms with E-state index in [0.29, 0.717) is 13.0 Å². The Morgan fingerprint density at radius 1 is 1.27 bits per heavy atom. The lowest BCUT2D eigenvalue weighted by Crippen LogP contribution is -2.60. The Balaban J connectivity index is 1.75. The van der Waals surface area contributed by atoms with Gasteiger partial charge in [-0.1, -0.05) is 11.6 Å². The van der Waals surface area contributed by atoms with Gasteiger partial charge in [0, 0.05) is 13.1 Å². The molecule has 2 N–H and O–H groups in total. The molecule has 5 nitrogen and oxygen atoms in total. The van der Waals surface area contributed by atoms with Gasteiger partial charge < -0.3 is 19.8 Å². The Kier molecular flexibility index (Phi) is 5.22. The maximum atomic E-state index is 12.9. The van der Waals surface area contributed by atoms with Gasteiger partial charge >= 0.3 is 6.18 Å². The van der Waals surface area contributed by atoms with E-state index >= 15 is 0 Å². The van der Waals surface area contributed by atoms with Gasteiger partial charge in [0.1, 0.15) is 6.10 Å². The van der Waals surface area contributed by atoms with E-state index in [-0.39, 0.29) is 36.5 Å². The van der Waals surface area contributed by atoms with E-state index in [9.17, 15) is 28.2 Å². The van der Waals surface area contributed by atoms with E-state index in [1.807, 2.05) is 0 Å². The number of rotatable bonds is 1. The number of hydrogen-bond acceptors (Lipinski definition) is 4. The van der Waals surface area contributed by atoms with Gasteiger partial charge in [-0.15, -0.1) is 0 Å². The molecule has 1 aromatic rings. The van der Waals surface area contributed by atoms with Crippen molar-refractivity contribution >= 4 is 17.5 Å². The minimum Gasteiger partial charge on any atom is -0.390 e. The molecule has 0 aromatic heterocycles. The predicted octanol–water partition coefficient (Wildman–Crippen LogP) is 2.48. The van der Waals surface area contributed by atoms with Gasteiger partial charge in [0.2, 0.25) is 0 Å². The van der Waals surface area contributed by atoms with Crippen molar-refractivity contribution < 1.29 is 32.9 Å². The largest absolute Gasteiger partial charge is 0.416 e. The van der Waals surface area contributed by atoms with Crippen molar-refractivity contribution in [1.29, 1.82) is 0 Å². The molecule has 1 aromatic carbocycles. The summed E-state index contributed by atoms with van der Waals surface area (Å²) >= 11 is 5.93. The lowest BCUT2D eigenvalue weighted by molar-refractivity contribution is -0.212. The Bertz CT molecular complexity index is 689. The predicted molar refractivity (Wildman–Crippen MR) is 86.9 cm³/mol. The van der Waals surface area contributed by atoms with Gasteiger partial charge in [-0.25, -0.2) is 0 Å². The van der Waals surface area contributed by atoms with Crippen LogP contribution in [0.15, 0.2) is 18.2 Å². The molecule has 2 fully saturated rings. The van der Waals surface area contributed by atoms with E-state index in [0.717, 1.165) is 18.2 Å². The van der Waals surface area contributed by atoms with Crippen LogP contribution in [-0.2, 0) is 10.9 Å². The van der Waals surface area contributed by atoms with Crippen LogP contribution >= 0.6 is 11.6 Å². The first kappa shape index (κ1) is 19.4. The average molecular weight is 394 g/mol. The zero-order valence-corrected chi connectivity index (χ0v) is 14.6. The minimum atomic E-state index is -4.57. The second kappa shape index (κ2) is 6.99. The van der Waals surface area contributed by atoms with Crippen molar-refractivity contribution in [3.63, 3.8) is 0 Å². The third-order valence-electron chi connectivity index (χ3n) is 5.13. The van der Waals surface area contributed by atoms with Gasteiger partial charge in [0.25, 0.3) is 5.91 Å². The van der Waals surface area contributed by atoms with Crippen LogP contribution in [-0.4, -0.2) is 58.5 Å². The number of benzene rings is 1. The highest BCUT2D eigenvalue weighted by molar-refractivity contribution is 6.33. The number of aliphatic hydroxyl groups is 2. The Hall–Kier alpha value is -1.35. The summed E-state index contributed by atoms with van der Waals surface area (Å²) in [4.78, 5) is 14.0. The first-order chi connectivity index (χ1) is 12.1. The van der Waals surface area contributed by atoms with Crippen LogP contribution in [0.4, 0.5) is 13.2 Å². The highest BCUT2D eigenvalue weighted by Crippen LogP contribution is 2.37. The van der Waals surface area contributed by atoms with Crippen LogP contribution in [0.2, 0.25) is 5.02 Å². The SMILES string of the molecule is O=C(c1cc(C(F)(F)F)ccc1Cl)N1CCC2(CC1)OCC[C@H](O)[C@@H]2O. The number of piperidine rings is 1. The van der Waals surface area contributed by atoms with Crippen molar-refractivity contribution in [1.82, 2.24) is 4.90 Å². The second-order valence-corrected chi connectivity index (χ2v) is 7.11. The van der Waals surface area contributed by atoms with E-state index < -0.39 is 35.5 Å². The monoisotopic (exact) mass is 393 g/mol. The number of carbonyl (C=O) groups is 1. The summed E-state index contributed by atoms with van der Waals surface area (Å²) < 4.78 is 44.4. The van der Waals surface area contributed by atoms with Crippen molar-refractivity contribution in [2.45, 2.75) is 43.2 Å². The molecule has 2 atom stereocenters. The van der Waals surface area contributed by atoms with Crippen LogP contribution in [0.1, 0.15) is 35.2 Å². The first-order valence-corrected chi connectivity index (χ1v) is 8.68. The molecule has 3 rings (SSSR count). The fourth-order valence-electron chi connectivity index (χ4n) is 3.54. The number of halogens is 4. The number of amides is 1. The van der Waals surface area contributed by atoms with E-state index in [1.54, 1.807) is 0 Å². The summed E-state index contributed by atoms with van der Waals surface area (Å²) in [5, 5.41) is 20.0. The van der Waals surface area contributed by atoms with Crippen molar-refractivity contribution in [2.24, 2.45) is 0 Å². The quantitative estimate of drug-likeness (QED) is 0.769. The van der Waals surface area contributed by atoms with Crippen LogP contribution < -0.4 is 0 Å². The number of nitrogens with zero attached hydrogens (tertiary/aromatic N) is 1. The van der Waals surface area contributed by atoms with Crippen LogP contribution in [0, 0.1) is 0 Å². The molecule has 1 amide bonds. The van der Waals surface area contributed by atoms with E-state index in [2.05, 4.69) is 0 Å². The number of alkyl halides is 3. The number of hydrogen-bond donors (Lipinski definition) is 2. The van der Waals surface area contributed by atoms with E-state index in [1.165, 1.54) is 4.90 Å². The average Bonchev–Trinajstić information content (AvgIpc) is 2.59. The topological polar surface area (TPSA) is 70.0 Å². The third kappa shape index (κ3) is 3.55. The summed E-state index contributed by atoms with van der Waals surface area (Å²) in [6.45, 7) is 0.690. The zero-order chi connectivity index (χ0) is 19.1. The van der Waals surface area contributed by atoms with Crippen LogP contribution in [0.25, 0.3) is 0 Å². The number of likely N-dealkylation sites (tertiary alicyclic amines) is 1. The van der Waals surface area contributed by atoms with Gasteiger partial charge in [-0.2, -0.15) is 13.2 Å². The van der Waals surface area contributed by atoms with Gasteiger partial charge in [0.15, 0.2) is 0 Å². The van der Waals surface area contributed by atoms with Crippen LogP contribution in [0.3, 0.4) is 0 Å². The molecule has 2 heterocycles. The highest BCUT2D eigenvalue weighted by atomic mass is 35.5. The fraction of sp³-hybridized carbons (Fsp3) is 0.588. The number of carbonyl (C=O) groups excluding carboxylic acids is 1. The van der Waals surface area contributed by atoms with Crippen molar-refractivity contribution in [2.75, 3.05) is 19.7 Å². The van der Waals surface area contributed by atoms with E-state index in [4.69, 9.17) is 16.3 Å². The fourth-order valence-corrected chi connectivity index (χ4v) is 3.74. The molecular formula is C17H19ClF3NO4. The molecule has 0 radical (unpaired) electrons. The lowest BCUT2D eigenvalue weighted by Gasteiger charge is -2.48.